The minimum atomic E-state index is -0.428. The SMILES string of the molecule is COc1ccc(CC(=O)Nc2cn[nH]c2C(=O)NCCC#N)cc1. The Hall–Kier alpha value is -3.34. The molecule has 0 aliphatic rings. The van der Waals surface area contributed by atoms with Gasteiger partial charge in [0.2, 0.25) is 5.91 Å². The second-order valence-corrected chi connectivity index (χ2v) is 4.90. The number of benzene rings is 1. The molecule has 1 aromatic heterocycles. The number of anilines is 1. The number of aromatic amines is 1. The first-order valence-corrected chi connectivity index (χ1v) is 7.25. The van der Waals surface area contributed by atoms with Gasteiger partial charge in [-0.2, -0.15) is 10.4 Å². The summed E-state index contributed by atoms with van der Waals surface area (Å²) >= 11 is 0. The molecule has 3 N–H and O–H groups in total. The number of aromatic nitrogens is 2. The maximum atomic E-state index is 12.1. The van der Waals surface area contributed by atoms with Crippen LogP contribution in [0.4, 0.5) is 5.69 Å². The smallest absolute Gasteiger partial charge is 0.271 e. The van der Waals surface area contributed by atoms with Crippen LogP contribution in [-0.2, 0) is 11.2 Å². The van der Waals surface area contributed by atoms with Gasteiger partial charge in [0.15, 0.2) is 0 Å². The van der Waals surface area contributed by atoms with Gasteiger partial charge in [0.1, 0.15) is 11.4 Å². The van der Waals surface area contributed by atoms with Gasteiger partial charge in [-0.25, -0.2) is 0 Å². The van der Waals surface area contributed by atoms with Crippen molar-refractivity contribution >= 4 is 17.5 Å². The molecular weight excluding hydrogens is 310 g/mol. The summed E-state index contributed by atoms with van der Waals surface area (Å²) in [4.78, 5) is 24.1. The number of carbonyl (C=O) groups excluding carboxylic acids is 2. The molecule has 2 aromatic rings. The standard InChI is InChI=1S/C16H17N5O3/c1-24-12-5-3-11(4-6-12)9-14(22)20-13-10-19-21-15(13)16(23)18-8-2-7-17/h3-6,10H,2,8-9H2,1H3,(H,18,23)(H,19,21)(H,20,22). The Morgan fingerprint density at radius 3 is 2.75 bits per heavy atom. The molecule has 0 unspecified atom stereocenters. The molecule has 124 valence electrons. The van der Waals surface area contributed by atoms with E-state index in [4.69, 9.17) is 10.00 Å². The normalized spacial score (nSPS) is 9.83. The highest BCUT2D eigenvalue weighted by Gasteiger charge is 2.15. The van der Waals surface area contributed by atoms with Gasteiger partial charge in [0.25, 0.3) is 5.91 Å². The van der Waals surface area contributed by atoms with Crippen molar-refractivity contribution in [3.05, 3.63) is 41.7 Å². The third kappa shape index (κ3) is 4.58. The van der Waals surface area contributed by atoms with Crippen molar-refractivity contribution in [2.24, 2.45) is 0 Å². The topological polar surface area (TPSA) is 120 Å². The summed E-state index contributed by atoms with van der Waals surface area (Å²) in [7, 11) is 1.57. The lowest BCUT2D eigenvalue weighted by molar-refractivity contribution is -0.115. The molecule has 0 aliphatic carbocycles. The van der Waals surface area contributed by atoms with Crippen LogP contribution in [0.3, 0.4) is 0 Å². The first-order valence-electron chi connectivity index (χ1n) is 7.25. The first kappa shape index (κ1) is 17.0. The van der Waals surface area contributed by atoms with Gasteiger partial charge in [-0.15, -0.1) is 0 Å². The van der Waals surface area contributed by atoms with Crippen LogP contribution in [0.1, 0.15) is 22.5 Å². The minimum Gasteiger partial charge on any atom is -0.497 e. The fourth-order valence-corrected chi connectivity index (χ4v) is 2.00. The summed E-state index contributed by atoms with van der Waals surface area (Å²) in [6, 6.07) is 9.07. The van der Waals surface area contributed by atoms with Crippen LogP contribution < -0.4 is 15.4 Å². The lowest BCUT2D eigenvalue weighted by Gasteiger charge is -2.07. The van der Waals surface area contributed by atoms with Gasteiger partial charge in [-0.05, 0) is 17.7 Å². The van der Waals surface area contributed by atoms with E-state index in [0.717, 1.165) is 5.56 Å². The lowest BCUT2D eigenvalue weighted by Crippen LogP contribution is -2.26. The zero-order valence-electron chi connectivity index (χ0n) is 13.1. The van der Waals surface area contributed by atoms with Gasteiger partial charge < -0.3 is 15.4 Å². The summed E-state index contributed by atoms with van der Waals surface area (Å²) in [6.45, 7) is 0.230. The molecule has 2 rings (SSSR count). The van der Waals surface area contributed by atoms with Crippen molar-refractivity contribution in [3.8, 4) is 11.8 Å². The number of ether oxygens (including phenoxy) is 1. The molecule has 0 fully saturated rings. The van der Waals surface area contributed by atoms with Crippen LogP contribution in [0.15, 0.2) is 30.5 Å². The van der Waals surface area contributed by atoms with Crippen LogP contribution in [-0.4, -0.2) is 35.7 Å². The number of nitrogens with zero attached hydrogens (tertiary/aromatic N) is 2. The van der Waals surface area contributed by atoms with Crippen molar-refractivity contribution in [2.45, 2.75) is 12.8 Å². The molecule has 0 saturated heterocycles. The van der Waals surface area contributed by atoms with E-state index in [0.29, 0.717) is 11.4 Å². The molecule has 8 nitrogen and oxygen atoms in total. The average molecular weight is 327 g/mol. The highest BCUT2D eigenvalue weighted by Crippen LogP contribution is 2.14. The van der Waals surface area contributed by atoms with E-state index in [1.807, 2.05) is 6.07 Å². The molecule has 24 heavy (non-hydrogen) atoms. The number of nitriles is 1. The number of H-pyrrole nitrogens is 1. The Labute approximate surface area is 138 Å². The number of nitrogens with one attached hydrogen (secondary N) is 3. The van der Waals surface area contributed by atoms with Crippen molar-refractivity contribution < 1.29 is 14.3 Å². The van der Waals surface area contributed by atoms with E-state index in [1.165, 1.54) is 6.20 Å². The Kier molecular flexibility index (Phi) is 5.91. The molecule has 0 atom stereocenters. The number of hydrogen-bond acceptors (Lipinski definition) is 5. The van der Waals surface area contributed by atoms with E-state index >= 15 is 0 Å². The van der Waals surface area contributed by atoms with Crippen LogP contribution in [0.25, 0.3) is 0 Å². The largest absolute Gasteiger partial charge is 0.497 e. The number of amides is 2. The molecule has 0 saturated carbocycles. The van der Waals surface area contributed by atoms with Crippen LogP contribution in [0.2, 0.25) is 0 Å². The number of carbonyl (C=O) groups is 2. The Balaban J connectivity index is 1.95. The minimum absolute atomic E-state index is 0.149. The molecule has 0 aliphatic heterocycles. The predicted molar refractivity (Wildman–Crippen MR) is 86.5 cm³/mol. The fourth-order valence-electron chi connectivity index (χ4n) is 2.00. The van der Waals surface area contributed by atoms with Crippen LogP contribution in [0, 0.1) is 11.3 Å². The summed E-state index contributed by atoms with van der Waals surface area (Å²) in [5, 5.41) is 20.0. The van der Waals surface area contributed by atoms with E-state index in [1.54, 1.807) is 31.4 Å². The van der Waals surface area contributed by atoms with Crippen LogP contribution in [0.5, 0.6) is 5.75 Å². The summed E-state index contributed by atoms with van der Waals surface area (Å²) in [6.07, 6.45) is 1.73. The third-order valence-corrected chi connectivity index (χ3v) is 3.19. The highest BCUT2D eigenvalue weighted by molar-refractivity contribution is 6.02. The maximum absolute atomic E-state index is 12.1. The Morgan fingerprint density at radius 2 is 2.08 bits per heavy atom. The van der Waals surface area contributed by atoms with E-state index < -0.39 is 5.91 Å². The molecule has 1 heterocycles. The summed E-state index contributed by atoms with van der Waals surface area (Å²) in [5.74, 6) is 0.0143. The van der Waals surface area contributed by atoms with Gasteiger partial charge in [0.05, 0.1) is 37.9 Å². The Bertz CT molecular complexity index is 746. The lowest BCUT2D eigenvalue weighted by atomic mass is 10.1. The average Bonchev–Trinajstić information content (AvgIpc) is 3.03. The molecule has 0 radical (unpaired) electrons. The molecule has 0 spiro atoms. The van der Waals surface area contributed by atoms with Gasteiger partial charge in [-0.3, -0.25) is 14.7 Å². The molecular formula is C16H17N5O3. The number of methoxy groups -OCH3 is 1. The molecule has 8 heteroatoms. The zero-order chi connectivity index (χ0) is 17.4. The first-order chi connectivity index (χ1) is 11.6. The molecule has 0 bridgehead atoms. The van der Waals surface area contributed by atoms with E-state index in [9.17, 15) is 9.59 Å². The van der Waals surface area contributed by atoms with Crippen molar-refractivity contribution in [2.75, 3.05) is 19.0 Å². The summed E-state index contributed by atoms with van der Waals surface area (Å²) < 4.78 is 5.06. The highest BCUT2D eigenvalue weighted by atomic mass is 16.5. The van der Waals surface area contributed by atoms with Gasteiger partial charge in [0, 0.05) is 6.54 Å². The fraction of sp³-hybridized carbons (Fsp3) is 0.250. The third-order valence-electron chi connectivity index (χ3n) is 3.19. The van der Waals surface area contributed by atoms with Gasteiger partial charge in [-0.1, -0.05) is 12.1 Å². The predicted octanol–water partition coefficient (Wildman–Crippen LogP) is 1.24. The maximum Gasteiger partial charge on any atom is 0.271 e. The zero-order valence-corrected chi connectivity index (χ0v) is 13.1. The van der Waals surface area contributed by atoms with Gasteiger partial charge >= 0.3 is 0 Å². The van der Waals surface area contributed by atoms with E-state index in [2.05, 4.69) is 20.8 Å². The van der Waals surface area contributed by atoms with Crippen molar-refractivity contribution in [1.29, 1.82) is 5.26 Å². The number of rotatable bonds is 7. The molecule has 1 aromatic carbocycles. The van der Waals surface area contributed by atoms with Crippen LogP contribution >= 0.6 is 0 Å². The second-order valence-electron chi connectivity index (χ2n) is 4.90. The van der Waals surface area contributed by atoms with Crippen molar-refractivity contribution in [1.82, 2.24) is 15.5 Å². The second kappa shape index (κ2) is 8.33. The van der Waals surface area contributed by atoms with E-state index in [-0.39, 0.29) is 31.0 Å². The van der Waals surface area contributed by atoms with Crippen molar-refractivity contribution in [3.63, 3.8) is 0 Å². The number of hydrogen-bond donors (Lipinski definition) is 3. The molecule has 2 amide bonds. The Morgan fingerprint density at radius 1 is 1.33 bits per heavy atom. The quantitative estimate of drug-likeness (QED) is 0.661. The summed E-state index contributed by atoms with van der Waals surface area (Å²) in [5.41, 5.74) is 1.26. The monoisotopic (exact) mass is 327 g/mol.